The molecule has 0 aromatic carbocycles. The Labute approximate surface area is 186 Å². The number of nitrogens with one attached hydrogen (secondary N) is 1. The van der Waals surface area contributed by atoms with Crippen LogP contribution in [0.3, 0.4) is 0 Å². The minimum Gasteiger partial charge on any atom is -0.488 e. The highest BCUT2D eigenvalue weighted by Gasteiger charge is 2.35. The van der Waals surface area contributed by atoms with Crippen molar-refractivity contribution in [2.24, 2.45) is 0 Å². The lowest BCUT2D eigenvalue weighted by molar-refractivity contribution is -0.00461. The number of nitrogens with zero attached hydrogens (tertiary/aromatic N) is 5. The van der Waals surface area contributed by atoms with Crippen LogP contribution in [0.1, 0.15) is 16.2 Å². The second kappa shape index (κ2) is 9.06. The Morgan fingerprint density at radius 3 is 2.53 bits per heavy atom. The molecule has 0 unspecified atom stereocenters. The van der Waals surface area contributed by atoms with E-state index in [1.54, 1.807) is 25.1 Å². The van der Waals surface area contributed by atoms with Crippen molar-refractivity contribution >= 4 is 28.1 Å². The maximum atomic E-state index is 12.8. The molecule has 32 heavy (non-hydrogen) atoms. The van der Waals surface area contributed by atoms with E-state index in [-0.39, 0.29) is 28.8 Å². The van der Waals surface area contributed by atoms with Crippen molar-refractivity contribution in [3.8, 4) is 10.9 Å². The van der Waals surface area contributed by atoms with Gasteiger partial charge in [0.05, 0.1) is 12.8 Å². The van der Waals surface area contributed by atoms with Gasteiger partial charge in [0, 0.05) is 45.3 Å². The molecule has 1 aliphatic rings. The molecular formula is C19H22N6O6S. The van der Waals surface area contributed by atoms with Crippen LogP contribution in [0.15, 0.2) is 27.5 Å². The van der Waals surface area contributed by atoms with Crippen LogP contribution in [0.4, 0.5) is 10.8 Å². The van der Waals surface area contributed by atoms with Crippen molar-refractivity contribution < 1.29 is 23.4 Å². The second-order valence-corrected chi connectivity index (χ2v) is 7.95. The monoisotopic (exact) mass is 462 g/mol. The molecule has 1 fully saturated rings. The summed E-state index contributed by atoms with van der Waals surface area (Å²) >= 11 is 1.13. The lowest BCUT2D eigenvalue weighted by atomic mass is 10.3. The first-order valence-electron chi connectivity index (χ1n) is 9.63. The highest BCUT2D eigenvalue weighted by Crippen LogP contribution is 2.31. The van der Waals surface area contributed by atoms with Gasteiger partial charge in [-0.15, -0.1) is 10.2 Å². The van der Waals surface area contributed by atoms with E-state index in [2.05, 4.69) is 20.6 Å². The molecule has 1 N–H and O–H groups in total. The van der Waals surface area contributed by atoms with Crippen molar-refractivity contribution in [3.05, 3.63) is 40.2 Å². The van der Waals surface area contributed by atoms with Gasteiger partial charge in [-0.1, -0.05) is 11.3 Å². The van der Waals surface area contributed by atoms with Gasteiger partial charge in [0.25, 0.3) is 5.91 Å². The first-order valence-corrected chi connectivity index (χ1v) is 10.4. The molecule has 4 heterocycles. The van der Waals surface area contributed by atoms with Gasteiger partial charge in [-0.2, -0.15) is 5.10 Å². The van der Waals surface area contributed by atoms with Crippen molar-refractivity contribution in [1.29, 1.82) is 0 Å². The number of ether oxygens (including phenoxy) is 3. The minimum atomic E-state index is -0.768. The molecule has 4 rings (SSSR count). The summed E-state index contributed by atoms with van der Waals surface area (Å²) in [5.74, 6) is -0.829. The van der Waals surface area contributed by atoms with Gasteiger partial charge in [-0.3, -0.25) is 10.1 Å². The Bertz CT molecular complexity index is 1160. The van der Waals surface area contributed by atoms with E-state index in [4.69, 9.17) is 18.6 Å². The van der Waals surface area contributed by atoms with Gasteiger partial charge in [0.1, 0.15) is 12.2 Å². The van der Waals surface area contributed by atoms with Crippen LogP contribution in [0.2, 0.25) is 0 Å². The topological polar surface area (TPSA) is 134 Å². The molecule has 3 aromatic heterocycles. The number of hydrogen-bond acceptors (Lipinski definition) is 11. The minimum absolute atomic E-state index is 0.000477. The average Bonchev–Trinajstić information content (AvgIpc) is 3.52. The van der Waals surface area contributed by atoms with Crippen LogP contribution >= 0.6 is 11.3 Å². The Morgan fingerprint density at radius 1 is 1.22 bits per heavy atom. The molecule has 2 atom stereocenters. The predicted molar refractivity (Wildman–Crippen MR) is 115 cm³/mol. The molecule has 0 aliphatic carbocycles. The van der Waals surface area contributed by atoms with Gasteiger partial charge in [-0.25, -0.2) is 9.48 Å². The summed E-state index contributed by atoms with van der Waals surface area (Å²) in [4.78, 5) is 27.2. The fourth-order valence-electron chi connectivity index (χ4n) is 3.48. The van der Waals surface area contributed by atoms with Crippen LogP contribution in [0.5, 0.6) is 5.75 Å². The van der Waals surface area contributed by atoms with Crippen molar-refractivity contribution in [1.82, 2.24) is 20.0 Å². The number of methoxy groups -OCH3 is 3. The van der Waals surface area contributed by atoms with Crippen LogP contribution in [0.25, 0.3) is 5.13 Å². The number of aryl methyl sites for hydroxylation is 1. The van der Waals surface area contributed by atoms with Gasteiger partial charge < -0.3 is 23.5 Å². The maximum absolute atomic E-state index is 12.8. The fraction of sp³-hybridized carbons (Fsp3) is 0.421. The Balaban J connectivity index is 1.59. The average molecular weight is 462 g/mol. The Hall–Kier alpha value is -3.29. The first kappa shape index (κ1) is 21.9. The molecule has 170 valence electrons. The summed E-state index contributed by atoms with van der Waals surface area (Å²) in [5.41, 5.74) is 0.523. The number of aromatic nitrogens is 4. The summed E-state index contributed by atoms with van der Waals surface area (Å²) < 4.78 is 23.0. The highest BCUT2D eigenvalue weighted by atomic mass is 32.1. The van der Waals surface area contributed by atoms with Crippen molar-refractivity contribution in [2.45, 2.75) is 19.1 Å². The third-order valence-corrected chi connectivity index (χ3v) is 5.94. The molecule has 1 saturated heterocycles. The van der Waals surface area contributed by atoms with E-state index in [0.717, 1.165) is 17.0 Å². The van der Waals surface area contributed by atoms with E-state index in [0.29, 0.717) is 23.9 Å². The zero-order chi connectivity index (χ0) is 22.8. The molecule has 3 aromatic rings. The smallest absolute Gasteiger partial charge is 0.381 e. The van der Waals surface area contributed by atoms with E-state index < -0.39 is 11.5 Å². The summed E-state index contributed by atoms with van der Waals surface area (Å²) in [6.07, 6.45) is 1.25. The van der Waals surface area contributed by atoms with Crippen LogP contribution in [-0.2, 0) is 9.47 Å². The number of anilines is 2. The maximum Gasteiger partial charge on any atom is 0.381 e. The van der Waals surface area contributed by atoms with Crippen LogP contribution in [-0.4, -0.2) is 72.5 Å². The van der Waals surface area contributed by atoms with Gasteiger partial charge >= 0.3 is 5.63 Å². The summed E-state index contributed by atoms with van der Waals surface area (Å²) in [6, 6.07) is 3.29. The third-order valence-electron chi connectivity index (χ3n) is 5.13. The SMILES string of the molecule is COc1c(N2C[C@H](OC)[C@@H](OC)C2)cc(C(=O)Nc2nnc(-n3nccc3C)s2)oc1=O. The van der Waals surface area contributed by atoms with Crippen LogP contribution < -0.4 is 20.6 Å². The number of hydrogen-bond donors (Lipinski definition) is 1. The molecule has 0 bridgehead atoms. The van der Waals surface area contributed by atoms with Gasteiger partial charge in [0.2, 0.25) is 16.0 Å². The molecule has 12 nitrogen and oxygen atoms in total. The molecule has 1 amide bonds. The second-order valence-electron chi connectivity index (χ2n) is 7.00. The summed E-state index contributed by atoms with van der Waals surface area (Å²) in [7, 11) is 4.56. The zero-order valence-corrected chi connectivity index (χ0v) is 18.7. The van der Waals surface area contributed by atoms with Gasteiger partial charge in [-0.05, 0) is 13.0 Å². The van der Waals surface area contributed by atoms with Gasteiger partial charge in [0.15, 0.2) is 5.76 Å². The number of rotatable bonds is 7. The van der Waals surface area contributed by atoms with Crippen molar-refractivity contribution in [2.75, 3.05) is 44.6 Å². The predicted octanol–water partition coefficient (Wildman–Crippen LogP) is 1.10. The lowest BCUT2D eigenvalue weighted by Gasteiger charge is -2.20. The first-order chi connectivity index (χ1) is 15.4. The number of carbonyl (C=O) groups excluding carboxylic acids is 1. The van der Waals surface area contributed by atoms with E-state index in [1.165, 1.54) is 13.2 Å². The largest absolute Gasteiger partial charge is 0.488 e. The highest BCUT2D eigenvalue weighted by molar-refractivity contribution is 7.17. The Kier molecular flexibility index (Phi) is 6.21. The normalized spacial score (nSPS) is 18.2. The molecule has 0 radical (unpaired) electrons. The number of amides is 1. The van der Waals surface area contributed by atoms with E-state index in [9.17, 15) is 9.59 Å². The quantitative estimate of drug-likeness (QED) is 0.544. The fourth-order valence-corrected chi connectivity index (χ4v) is 4.24. The Morgan fingerprint density at radius 2 is 1.94 bits per heavy atom. The van der Waals surface area contributed by atoms with Crippen molar-refractivity contribution in [3.63, 3.8) is 0 Å². The zero-order valence-electron chi connectivity index (χ0n) is 17.9. The summed E-state index contributed by atoms with van der Waals surface area (Å²) in [6.45, 7) is 2.79. The lowest BCUT2D eigenvalue weighted by Crippen LogP contribution is -2.27. The van der Waals surface area contributed by atoms with E-state index >= 15 is 0 Å². The van der Waals surface area contributed by atoms with Crippen LogP contribution in [0, 0.1) is 6.92 Å². The standard InChI is InChI=1S/C19H22N6O6S/c1-10-5-6-20-25(10)19-23-22-18(32-19)21-16(26)12-7-11(15(30-4)17(27)31-12)24-8-13(28-2)14(9-24)29-3/h5-7,13-14H,8-9H2,1-4H3,(H,21,22,26)/t13-,14-/m0/s1. The summed E-state index contributed by atoms with van der Waals surface area (Å²) in [5, 5.41) is 15.5. The molecule has 0 spiro atoms. The van der Waals surface area contributed by atoms with E-state index in [1.807, 2.05) is 17.9 Å². The third kappa shape index (κ3) is 4.09. The molecule has 0 saturated carbocycles. The molecular weight excluding hydrogens is 440 g/mol. The molecule has 13 heteroatoms. The number of carbonyl (C=O) groups is 1. The molecule has 1 aliphatic heterocycles.